The first-order chi connectivity index (χ1) is 16.6. The standard InChI is InChI=1S/C26H30N4O4/c31-24(27-11-13-28(14-12-27)25(32)26(33)29-15-17-34-18-16-29)21-5-7-23(8-6-21)30-10-9-20-3-1-2-4-22(20)19-30/h1-8H,9-19H2. The van der Waals surface area contributed by atoms with Gasteiger partial charge in [0.25, 0.3) is 5.91 Å². The van der Waals surface area contributed by atoms with Crippen molar-refractivity contribution in [3.63, 3.8) is 0 Å². The molecule has 2 aromatic rings. The molecule has 34 heavy (non-hydrogen) atoms. The van der Waals surface area contributed by atoms with Crippen LogP contribution >= 0.6 is 0 Å². The lowest BCUT2D eigenvalue weighted by Crippen LogP contribution is -2.55. The molecule has 0 bridgehead atoms. The summed E-state index contributed by atoms with van der Waals surface area (Å²) in [6.45, 7) is 5.24. The van der Waals surface area contributed by atoms with Gasteiger partial charge in [-0.25, -0.2) is 0 Å². The first-order valence-corrected chi connectivity index (χ1v) is 12.0. The maximum Gasteiger partial charge on any atom is 0.312 e. The molecule has 0 spiro atoms. The number of hydrogen-bond donors (Lipinski definition) is 0. The number of benzene rings is 2. The molecular weight excluding hydrogens is 432 g/mol. The third-order valence-corrected chi connectivity index (χ3v) is 6.95. The highest BCUT2D eigenvalue weighted by molar-refractivity contribution is 6.35. The Morgan fingerprint density at radius 2 is 1.24 bits per heavy atom. The van der Waals surface area contributed by atoms with Gasteiger partial charge in [0.15, 0.2) is 0 Å². The maximum atomic E-state index is 13.0. The van der Waals surface area contributed by atoms with Crippen molar-refractivity contribution >= 4 is 23.4 Å². The van der Waals surface area contributed by atoms with E-state index in [1.54, 1.807) is 14.7 Å². The van der Waals surface area contributed by atoms with Crippen molar-refractivity contribution in [1.29, 1.82) is 0 Å². The number of nitrogens with zero attached hydrogens (tertiary/aromatic N) is 4. The van der Waals surface area contributed by atoms with Crippen LogP contribution in [0.15, 0.2) is 48.5 Å². The Morgan fingerprint density at radius 1 is 0.647 bits per heavy atom. The van der Waals surface area contributed by atoms with Gasteiger partial charge < -0.3 is 24.3 Å². The van der Waals surface area contributed by atoms with Crippen LogP contribution in [0, 0.1) is 0 Å². The van der Waals surface area contributed by atoms with Crippen molar-refractivity contribution in [2.24, 2.45) is 0 Å². The lowest BCUT2D eigenvalue weighted by molar-refractivity contribution is -0.154. The molecule has 0 N–H and O–H groups in total. The maximum absolute atomic E-state index is 13.0. The second kappa shape index (κ2) is 9.85. The zero-order valence-corrected chi connectivity index (χ0v) is 19.3. The fraction of sp³-hybridized carbons (Fsp3) is 0.423. The van der Waals surface area contributed by atoms with E-state index in [0.717, 1.165) is 25.2 Å². The van der Waals surface area contributed by atoms with E-state index in [-0.39, 0.29) is 5.91 Å². The van der Waals surface area contributed by atoms with Crippen LogP contribution in [0.25, 0.3) is 0 Å². The molecule has 3 heterocycles. The second-order valence-electron chi connectivity index (χ2n) is 8.98. The van der Waals surface area contributed by atoms with Crippen molar-refractivity contribution in [2.75, 3.05) is 63.9 Å². The lowest BCUT2D eigenvalue weighted by atomic mass is 9.99. The van der Waals surface area contributed by atoms with Gasteiger partial charge >= 0.3 is 11.8 Å². The molecule has 0 unspecified atom stereocenters. The molecule has 5 rings (SSSR count). The lowest BCUT2D eigenvalue weighted by Gasteiger charge is -2.36. The third-order valence-electron chi connectivity index (χ3n) is 6.95. The van der Waals surface area contributed by atoms with Gasteiger partial charge in [-0.05, 0) is 41.8 Å². The molecule has 0 saturated carbocycles. The molecule has 0 radical (unpaired) electrons. The summed E-state index contributed by atoms with van der Waals surface area (Å²) in [5.41, 5.74) is 4.52. The van der Waals surface area contributed by atoms with Crippen LogP contribution in [-0.2, 0) is 27.3 Å². The number of ether oxygens (including phenoxy) is 1. The van der Waals surface area contributed by atoms with Crippen molar-refractivity contribution in [2.45, 2.75) is 13.0 Å². The number of hydrogen-bond acceptors (Lipinski definition) is 5. The van der Waals surface area contributed by atoms with Crippen molar-refractivity contribution < 1.29 is 19.1 Å². The van der Waals surface area contributed by atoms with Gasteiger partial charge in [-0.2, -0.15) is 0 Å². The van der Waals surface area contributed by atoms with E-state index < -0.39 is 11.8 Å². The largest absolute Gasteiger partial charge is 0.378 e. The number of anilines is 1. The Balaban J connectivity index is 1.15. The Bertz CT molecular complexity index is 1060. The van der Waals surface area contributed by atoms with Gasteiger partial charge in [0.2, 0.25) is 0 Å². The number of rotatable bonds is 2. The monoisotopic (exact) mass is 462 g/mol. The molecule has 2 fully saturated rings. The normalized spacial score (nSPS) is 18.5. The van der Waals surface area contributed by atoms with E-state index in [4.69, 9.17) is 4.74 Å². The Kier molecular flexibility index (Phi) is 6.49. The van der Waals surface area contributed by atoms with Gasteiger partial charge in [0.05, 0.1) is 13.2 Å². The third kappa shape index (κ3) is 4.63. The quantitative estimate of drug-likeness (QED) is 0.631. The first-order valence-electron chi connectivity index (χ1n) is 12.0. The summed E-state index contributed by atoms with van der Waals surface area (Å²) >= 11 is 0. The van der Waals surface area contributed by atoms with E-state index >= 15 is 0 Å². The molecule has 3 amide bonds. The molecule has 0 aliphatic carbocycles. The van der Waals surface area contributed by atoms with E-state index in [9.17, 15) is 14.4 Å². The molecule has 0 atom stereocenters. The summed E-state index contributed by atoms with van der Waals surface area (Å²) in [7, 11) is 0. The van der Waals surface area contributed by atoms with Crippen LogP contribution < -0.4 is 4.90 Å². The molecule has 0 aromatic heterocycles. The molecule has 2 aromatic carbocycles. The van der Waals surface area contributed by atoms with Gasteiger partial charge in [-0.15, -0.1) is 0 Å². The molecule has 3 aliphatic heterocycles. The van der Waals surface area contributed by atoms with E-state index in [2.05, 4.69) is 29.2 Å². The minimum Gasteiger partial charge on any atom is -0.378 e. The minimum absolute atomic E-state index is 0.0397. The van der Waals surface area contributed by atoms with Gasteiger partial charge in [-0.1, -0.05) is 24.3 Å². The van der Waals surface area contributed by atoms with Gasteiger partial charge in [0.1, 0.15) is 0 Å². The van der Waals surface area contributed by atoms with Crippen LogP contribution in [-0.4, -0.2) is 91.4 Å². The average molecular weight is 463 g/mol. The highest BCUT2D eigenvalue weighted by Gasteiger charge is 2.31. The zero-order chi connectivity index (χ0) is 23.5. The Hall–Kier alpha value is -3.39. The summed E-state index contributed by atoms with van der Waals surface area (Å²) < 4.78 is 5.25. The molecule has 2 saturated heterocycles. The fourth-order valence-corrected chi connectivity index (χ4v) is 4.86. The second-order valence-corrected chi connectivity index (χ2v) is 8.98. The predicted octanol–water partition coefficient (Wildman–Crippen LogP) is 1.39. The van der Waals surface area contributed by atoms with Crippen LogP contribution in [0.4, 0.5) is 5.69 Å². The minimum atomic E-state index is -0.485. The fourth-order valence-electron chi connectivity index (χ4n) is 4.86. The Labute approximate surface area is 199 Å². The summed E-state index contributed by atoms with van der Waals surface area (Å²) in [5, 5.41) is 0. The van der Waals surface area contributed by atoms with Crippen LogP contribution in [0.5, 0.6) is 0 Å². The number of morpholine rings is 1. The topological polar surface area (TPSA) is 73.4 Å². The summed E-state index contributed by atoms with van der Waals surface area (Å²) in [6, 6.07) is 16.3. The SMILES string of the molecule is O=C(C(=O)N1CCN(C(=O)c2ccc(N3CCc4ccccc4C3)cc2)CC1)N1CCOCC1. The molecule has 178 valence electrons. The highest BCUT2D eigenvalue weighted by atomic mass is 16.5. The molecule has 3 aliphatic rings. The van der Waals surface area contributed by atoms with Crippen LogP contribution in [0.1, 0.15) is 21.5 Å². The number of fused-ring (bicyclic) bond motifs is 1. The number of carbonyl (C=O) groups is 3. The van der Waals surface area contributed by atoms with Crippen molar-refractivity contribution in [3.8, 4) is 0 Å². The van der Waals surface area contributed by atoms with E-state index in [1.165, 1.54) is 11.1 Å². The van der Waals surface area contributed by atoms with E-state index in [0.29, 0.717) is 58.0 Å². The number of amides is 3. The summed E-state index contributed by atoms with van der Waals surface area (Å²) in [6.07, 6.45) is 1.02. The Morgan fingerprint density at radius 3 is 1.91 bits per heavy atom. The van der Waals surface area contributed by atoms with Crippen molar-refractivity contribution in [1.82, 2.24) is 14.7 Å². The zero-order valence-electron chi connectivity index (χ0n) is 19.3. The van der Waals surface area contributed by atoms with Gasteiger partial charge in [0, 0.05) is 63.6 Å². The predicted molar refractivity (Wildman–Crippen MR) is 128 cm³/mol. The number of carbonyl (C=O) groups excluding carboxylic acids is 3. The summed E-state index contributed by atoms with van der Waals surface area (Å²) in [4.78, 5) is 45.3. The smallest absolute Gasteiger partial charge is 0.312 e. The van der Waals surface area contributed by atoms with E-state index in [1.807, 2.05) is 24.3 Å². The molecule has 8 heteroatoms. The average Bonchev–Trinajstić information content (AvgIpc) is 2.92. The van der Waals surface area contributed by atoms with Crippen LogP contribution in [0.3, 0.4) is 0 Å². The molecular formula is C26H30N4O4. The number of piperazine rings is 1. The first kappa shape index (κ1) is 22.4. The molecule has 8 nitrogen and oxygen atoms in total. The van der Waals surface area contributed by atoms with Crippen LogP contribution in [0.2, 0.25) is 0 Å². The van der Waals surface area contributed by atoms with Gasteiger partial charge in [-0.3, -0.25) is 14.4 Å². The van der Waals surface area contributed by atoms with Crippen molar-refractivity contribution in [3.05, 3.63) is 65.2 Å². The summed E-state index contributed by atoms with van der Waals surface area (Å²) in [5.74, 6) is -0.998. The highest BCUT2D eigenvalue weighted by Crippen LogP contribution is 2.25.